The van der Waals surface area contributed by atoms with Crippen LogP contribution in [0.25, 0.3) is 0 Å². The fourth-order valence-corrected chi connectivity index (χ4v) is 1.31. The molecule has 0 aromatic heterocycles. The maximum absolute atomic E-state index is 11.6. The molecule has 1 saturated heterocycles. The molecule has 0 N–H and O–H groups in total. The van der Waals surface area contributed by atoms with Gasteiger partial charge in [-0.3, -0.25) is 4.79 Å². The molecule has 87 valence electrons. The summed E-state index contributed by atoms with van der Waals surface area (Å²) in [4.78, 5) is 13.4. The topological polar surface area (TPSA) is 48.0 Å². The van der Waals surface area contributed by atoms with Gasteiger partial charge in [0.2, 0.25) is 5.91 Å². The average Bonchev–Trinajstić information content (AvgIpc) is 2.30. The van der Waals surface area contributed by atoms with Crippen molar-refractivity contribution in [3.05, 3.63) is 6.92 Å². The van der Waals surface area contributed by atoms with Crippen LogP contribution in [0.15, 0.2) is 0 Å². The molecule has 1 radical (unpaired) electrons. The Morgan fingerprint density at radius 3 is 2.73 bits per heavy atom. The van der Waals surface area contributed by atoms with E-state index in [0.29, 0.717) is 45.9 Å². The van der Waals surface area contributed by atoms with Crippen LogP contribution in [0.2, 0.25) is 0 Å². The van der Waals surface area contributed by atoms with Crippen LogP contribution >= 0.6 is 0 Å². The molecule has 1 heterocycles. The fraction of sp³-hybridized carbons (Fsp3) is 0.800. The highest BCUT2D eigenvalue weighted by Gasteiger charge is 2.15. The number of nitrogens with zero attached hydrogens (tertiary/aromatic N) is 1. The number of hydrogen-bond acceptors (Lipinski definition) is 4. The highest BCUT2D eigenvalue weighted by atomic mass is 16.7. The second-order valence-corrected chi connectivity index (χ2v) is 3.18. The first-order valence-corrected chi connectivity index (χ1v) is 5.15. The van der Waals surface area contributed by atoms with Crippen molar-refractivity contribution in [2.75, 3.05) is 46.3 Å². The van der Waals surface area contributed by atoms with Gasteiger partial charge in [-0.1, -0.05) is 0 Å². The number of carbonyl (C=O) groups is 1. The summed E-state index contributed by atoms with van der Waals surface area (Å²) in [5.41, 5.74) is 0. The van der Waals surface area contributed by atoms with E-state index < -0.39 is 0 Å². The second kappa shape index (κ2) is 7.62. The van der Waals surface area contributed by atoms with Crippen LogP contribution in [0.1, 0.15) is 6.42 Å². The standard InChI is InChI=1S/C10H18NO4/c1-2-13-9-15-6-3-10(12)11-4-7-14-8-5-11/h1-9H2. The summed E-state index contributed by atoms with van der Waals surface area (Å²) in [7, 11) is 0. The van der Waals surface area contributed by atoms with Crippen LogP contribution in [0.5, 0.6) is 0 Å². The summed E-state index contributed by atoms with van der Waals surface area (Å²) >= 11 is 0. The SMILES string of the molecule is [CH2]COCOCCC(=O)N1CCOCC1. The molecule has 1 aliphatic rings. The lowest BCUT2D eigenvalue weighted by molar-refractivity contribution is -0.137. The van der Waals surface area contributed by atoms with E-state index in [-0.39, 0.29) is 12.7 Å². The van der Waals surface area contributed by atoms with Crippen LogP contribution in [0, 0.1) is 6.92 Å². The molecule has 1 aliphatic heterocycles. The van der Waals surface area contributed by atoms with E-state index in [4.69, 9.17) is 14.2 Å². The summed E-state index contributed by atoms with van der Waals surface area (Å²) in [5, 5.41) is 0. The van der Waals surface area contributed by atoms with Gasteiger partial charge in [0.25, 0.3) is 0 Å². The first kappa shape index (κ1) is 12.4. The minimum atomic E-state index is 0.118. The maximum atomic E-state index is 11.6. The maximum Gasteiger partial charge on any atom is 0.225 e. The van der Waals surface area contributed by atoms with Crippen LogP contribution in [-0.4, -0.2) is 57.1 Å². The largest absolute Gasteiger partial charge is 0.378 e. The van der Waals surface area contributed by atoms with Crippen molar-refractivity contribution in [3.63, 3.8) is 0 Å². The zero-order valence-electron chi connectivity index (χ0n) is 8.94. The molecule has 1 rings (SSSR count). The van der Waals surface area contributed by atoms with E-state index >= 15 is 0 Å². The van der Waals surface area contributed by atoms with Crippen molar-refractivity contribution in [2.45, 2.75) is 6.42 Å². The number of ether oxygens (including phenoxy) is 3. The molecule has 0 aliphatic carbocycles. The molecular weight excluding hydrogens is 198 g/mol. The van der Waals surface area contributed by atoms with Crippen LogP contribution in [0.3, 0.4) is 0 Å². The Labute approximate surface area is 90.3 Å². The Hall–Kier alpha value is -0.650. The molecule has 0 bridgehead atoms. The van der Waals surface area contributed by atoms with Crippen LogP contribution < -0.4 is 0 Å². The van der Waals surface area contributed by atoms with E-state index in [9.17, 15) is 4.79 Å². The molecule has 1 amide bonds. The first-order chi connectivity index (χ1) is 7.34. The molecule has 5 heteroatoms. The van der Waals surface area contributed by atoms with Gasteiger partial charge < -0.3 is 19.1 Å². The highest BCUT2D eigenvalue weighted by molar-refractivity contribution is 5.76. The summed E-state index contributed by atoms with van der Waals surface area (Å²) in [5.74, 6) is 0.118. The molecule has 0 aromatic rings. The lowest BCUT2D eigenvalue weighted by Gasteiger charge is -2.26. The van der Waals surface area contributed by atoms with E-state index in [1.807, 2.05) is 0 Å². The third kappa shape index (κ3) is 5.11. The van der Waals surface area contributed by atoms with Gasteiger partial charge in [-0.2, -0.15) is 0 Å². The Kier molecular flexibility index (Phi) is 6.31. The van der Waals surface area contributed by atoms with Crippen molar-refractivity contribution in [2.24, 2.45) is 0 Å². The second-order valence-electron chi connectivity index (χ2n) is 3.18. The minimum absolute atomic E-state index is 0.118. The van der Waals surface area contributed by atoms with E-state index in [1.54, 1.807) is 4.90 Å². The first-order valence-electron chi connectivity index (χ1n) is 5.15. The molecule has 1 fully saturated rings. The molecule has 15 heavy (non-hydrogen) atoms. The molecular formula is C10H18NO4. The molecule has 0 atom stereocenters. The Bertz CT molecular complexity index is 180. The average molecular weight is 216 g/mol. The molecule has 0 aromatic carbocycles. The van der Waals surface area contributed by atoms with Crippen molar-refractivity contribution >= 4 is 5.91 Å². The number of carbonyl (C=O) groups excluding carboxylic acids is 1. The van der Waals surface area contributed by atoms with Crippen molar-refractivity contribution in [1.82, 2.24) is 4.90 Å². The van der Waals surface area contributed by atoms with Gasteiger partial charge in [-0.25, -0.2) is 0 Å². The lowest BCUT2D eigenvalue weighted by Crippen LogP contribution is -2.41. The highest BCUT2D eigenvalue weighted by Crippen LogP contribution is 2.00. The minimum Gasteiger partial charge on any atom is -0.378 e. The Morgan fingerprint density at radius 2 is 2.07 bits per heavy atom. The monoisotopic (exact) mass is 216 g/mol. The smallest absolute Gasteiger partial charge is 0.225 e. The zero-order valence-corrected chi connectivity index (χ0v) is 8.94. The van der Waals surface area contributed by atoms with Gasteiger partial charge in [0.15, 0.2) is 0 Å². The van der Waals surface area contributed by atoms with Crippen molar-refractivity contribution in [1.29, 1.82) is 0 Å². The van der Waals surface area contributed by atoms with Gasteiger partial charge in [0.1, 0.15) is 6.79 Å². The van der Waals surface area contributed by atoms with Crippen molar-refractivity contribution in [3.8, 4) is 0 Å². The third-order valence-corrected chi connectivity index (χ3v) is 2.14. The lowest BCUT2D eigenvalue weighted by atomic mass is 10.3. The molecule has 0 saturated carbocycles. The van der Waals surface area contributed by atoms with Crippen molar-refractivity contribution < 1.29 is 19.0 Å². The summed E-state index contributed by atoms with van der Waals surface area (Å²) < 4.78 is 15.1. The quantitative estimate of drug-likeness (QED) is 0.465. The number of hydrogen-bond donors (Lipinski definition) is 0. The third-order valence-electron chi connectivity index (χ3n) is 2.14. The van der Waals surface area contributed by atoms with Crippen LogP contribution in [0.4, 0.5) is 0 Å². The molecule has 0 spiro atoms. The predicted octanol–water partition coefficient (Wildman–Crippen LogP) is 0.0601. The molecule has 5 nitrogen and oxygen atoms in total. The molecule has 0 unspecified atom stereocenters. The predicted molar refractivity (Wildman–Crippen MR) is 54.1 cm³/mol. The van der Waals surface area contributed by atoms with Gasteiger partial charge in [-0.15, -0.1) is 0 Å². The van der Waals surface area contributed by atoms with E-state index in [1.165, 1.54) is 0 Å². The van der Waals surface area contributed by atoms with Gasteiger partial charge in [0.05, 0.1) is 26.2 Å². The van der Waals surface area contributed by atoms with Gasteiger partial charge in [-0.05, 0) is 6.92 Å². The van der Waals surface area contributed by atoms with E-state index in [2.05, 4.69) is 6.92 Å². The fourth-order valence-electron chi connectivity index (χ4n) is 1.31. The summed E-state index contributed by atoms with van der Waals surface area (Å²) in [6, 6.07) is 0. The van der Waals surface area contributed by atoms with Crippen LogP contribution in [-0.2, 0) is 19.0 Å². The Morgan fingerprint density at radius 1 is 1.33 bits per heavy atom. The van der Waals surface area contributed by atoms with Gasteiger partial charge in [0, 0.05) is 19.7 Å². The summed E-state index contributed by atoms with van der Waals surface area (Å²) in [6.45, 7) is 7.14. The Balaban J connectivity index is 2.02. The number of morpholine rings is 1. The number of amides is 1. The van der Waals surface area contributed by atoms with E-state index in [0.717, 1.165) is 0 Å². The zero-order chi connectivity index (χ0) is 10.9. The number of rotatable bonds is 6. The van der Waals surface area contributed by atoms with Gasteiger partial charge >= 0.3 is 0 Å². The summed E-state index contributed by atoms with van der Waals surface area (Å²) in [6.07, 6.45) is 0.403. The normalized spacial score (nSPS) is 16.7.